The molecule has 0 saturated carbocycles. The third-order valence-corrected chi connectivity index (χ3v) is 2.84. The number of H-pyrrole nitrogens is 1. The molecular weight excluding hydrogens is 234 g/mol. The monoisotopic (exact) mass is 247 g/mol. The van der Waals surface area contributed by atoms with Crippen molar-refractivity contribution in [3.8, 4) is 5.75 Å². The molecule has 0 aliphatic rings. The van der Waals surface area contributed by atoms with Gasteiger partial charge in [0.05, 0.1) is 19.7 Å². The fourth-order valence-electron chi connectivity index (χ4n) is 1.88. The number of rotatable bonds is 2. The van der Waals surface area contributed by atoms with Gasteiger partial charge in [-0.1, -0.05) is 0 Å². The topological polar surface area (TPSA) is 68.4 Å². The summed E-state index contributed by atoms with van der Waals surface area (Å²) < 4.78 is 9.78. The van der Waals surface area contributed by atoms with Crippen molar-refractivity contribution in [2.75, 3.05) is 14.2 Å². The molecule has 2 aromatic rings. The van der Waals surface area contributed by atoms with Crippen LogP contribution in [0, 0.1) is 6.92 Å². The second-order valence-electron chi connectivity index (χ2n) is 3.85. The number of fused-ring (bicyclic) bond motifs is 1. The van der Waals surface area contributed by atoms with Gasteiger partial charge in [0.15, 0.2) is 5.43 Å². The molecule has 0 aliphatic carbocycles. The van der Waals surface area contributed by atoms with Crippen molar-refractivity contribution in [2.24, 2.45) is 0 Å². The molecule has 0 radical (unpaired) electrons. The van der Waals surface area contributed by atoms with Crippen LogP contribution in [-0.4, -0.2) is 25.2 Å². The summed E-state index contributed by atoms with van der Waals surface area (Å²) in [5.41, 5.74) is 1.27. The van der Waals surface area contributed by atoms with Crippen molar-refractivity contribution in [3.05, 3.63) is 39.7 Å². The SMILES string of the molecule is COC(=O)c1cc(=O)c2ccc(OC)c(C)c2[nH]1. The van der Waals surface area contributed by atoms with Gasteiger partial charge in [0.25, 0.3) is 0 Å². The van der Waals surface area contributed by atoms with Crippen LogP contribution in [0.15, 0.2) is 23.0 Å². The van der Waals surface area contributed by atoms with E-state index in [4.69, 9.17) is 4.74 Å². The van der Waals surface area contributed by atoms with Crippen LogP contribution in [0.25, 0.3) is 10.9 Å². The van der Waals surface area contributed by atoms with E-state index in [2.05, 4.69) is 9.72 Å². The molecule has 1 heterocycles. The van der Waals surface area contributed by atoms with Gasteiger partial charge in [-0.2, -0.15) is 0 Å². The average Bonchev–Trinajstić information content (AvgIpc) is 2.38. The number of methoxy groups -OCH3 is 2. The van der Waals surface area contributed by atoms with Crippen LogP contribution in [0.2, 0.25) is 0 Å². The van der Waals surface area contributed by atoms with Crippen molar-refractivity contribution in [3.63, 3.8) is 0 Å². The number of aromatic nitrogens is 1. The molecule has 94 valence electrons. The number of aryl methyl sites for hydroxylation is 1. The maximum absolute atomic E-state index is 11.9. The fraction of sp³-hybridized carbons (Fsp3) is 0.231. The molecular formula is C13H13NO4. The molecule has 1 N–H and O–H groups in total. The second kappa shape index (κ2) is 4.52. The molecule has 18 heavy (non-hydrogen) atoms. The highest BCUT2D eigenvalue weighted by atomic mass is 16.5. The number of ether oxygens (including phenoxy) is 2. The summed E-state index contributed by atoms with van der Waals surface area (Å²) in [6.45, 7) is 1.82. The molecule has 0 amide bonds. The van der Waals surface area contributed by atoms with Crippen molar-refractivity contribution >= 4 is 16.9 Å². The van der Waals surface area contributed by atoms with Gasteiger partial charge in [-0.3, -0.25) is 4.79 Å². The number of benzene rings is 1. The van der Waals surface area contributed by atoms with Crippen LogP contribution in [-0.2, 0) is 4.74 Å². The van der Waals surface area contributed by atoms with Gasteiger partial charge >= 0.3 is 5.97 Å². The average molecular weight is 247 g/mol. The number of carbonyl (C=O) groups is 1. The third-order valence-electron chi connectivity index (χ3n) is 2.84. The van der Waals surface area contributed by atoms with E-state index < -0.39 is 5.97 Å². The van der Waals surface area contributed by atoms with Gasteiger partial charge in [0.2, 0.25) is 0 Å². The second-order valence-corrected chi connectivity index (χ2v) is 3.85. The zero-order chi connectivity index (χ0) is 13.3. The lowest BCUT2D eigenvalue weighted by molar-refractivity contribution is 0.0594. The van der Waals surface area contributed by atoms with E-state index in [0.29, 0.717) is 16.7 Å². The molecule has 0 bridgehead atoms. The Morgan fingerprint density at radius 2 is 2.00 bits per heavy atom. The molecule has 5 heteroatoms. The molecule has 2 rings (SSSR count). The molecule has 5 nitrogen and oxygen atoms in total. The summed E-state index contributed by atoms with van der Waals surface area (Å²) in [5, 5.41) is 0.515. The number of nitrogens with one attached hydrogen (secondary N) is 1. The summed E-state index contributed by atoms with van der Waals surface area (Å²) in [6.07, 6.45) is 0. The number of hydrogen-bond donors (Lipinski definition) is 1. The summed E-state index contributed by atoms with van der Waals surface area (Å²) in [7, 11) is 2.82. The largest absolute Gasteiger partial charge is 0.496 e. The van der Waals surface area contributed by atoms with E-state index in [0.717, 1.165) is 5.56 Å². The number of hydrogen-bond acceptors (Lipinski definition) is 4. The lowest BCUT2D eigenvalue weighted by Gasteiger charge is -2.09. The first-order valence-corrected chi connectivity index (χ1v) is 5.37. The lowest BCUT2D eigenvalue weighted by atomic mass is 10.1. The highest BCUT2D eigenvalue weighted by Crippen LogP contribution is 2.24. The van der Waals surface area contributed by atoms with Gasteiger partial charge in [-0.05, 0) is 19.1 Å². The van der Waals surface area contributed by atoms with Crippen LogP contribution < -0.4 is 10.2 Å². The van der Waals surface area contributed by atoms with Crippen LogP contribution in [0.5, 0.6) is 5.75 Å². The Morgan fingerprint density at radius 3 is 2.61 bits per heavy atom. The van der Waals surface area contributed by atoms with E-state index in [9.17, 15) is 9.59 Å². The first kappa shape index (κ1) is 12.2. The summed E-state index contributed by atoms with van der Waals surface area (Å²) in [4.78, 5) is 26.3. The standard InChI is InChI=1S/C13H13NO4/c1-7-11(17-2)5-4-8-10(15)6-9(13(16)18-3)14-12(7)8/h4-6H,1-3H3,(H,14,15). The van der Waals surface area contributed by atoms with E-state index in [-0.39, 0.29) is 11.1 Å². The van der Waals surface area contributed by atoms with Crippen LogP contribution in [0.1, 0.15) is 16.1 Å². The van der Waals surface area contributed by atoms with E-state index in [1.54, 1.807) is 19.2 Å². The highest BCUT2D eigenvalue weighted by Gasteiger charge is 2.12. The molecule has 0 saturated heterocycles. The van der Waals surface area contributed by atoms with Crippen molar-refractivity contribution in [2.45, 2.75) is 6.92 Å². The minimum atomic E-state index is -0.573. The van der Waals surface area contributed by atoms with Crippen LogP contribution in [0.3, 0.4) is 0 Å². The van der Waals surface area contributed by atoms with Crippen molar-refractivity contribution in [1.82, 2.24) is 4.98 Å². The van der Waals surface area contributed by atoms with Gasteiger partial charge < -0.3 is 14.5 Å². The third kappa shape index (κ3) is 1.84. The zero-order valence-corrected chi connectivity index (χ0v) is 10.4. The lowest BCUT2D eigenvalue weighted by Crippen LogP contribution is -2.12. The van der Waals surface area contributed by atoms with Crippen molar-refractivity contribution < 1.29 is 14.3 Å². The molecule has 1 aromatic heterocycles. The Balaban J connectivity index is 2.80. The minimum absolute atomic E-state index is 0.131. The summed E-state index contributed by atoms with van der Waals surface area (Å²) in [6, 6.07) is 4.63. The molecule has 0 atom stereocenters. The molecule has 0 unspecified atom stereocenters. The van der Waals surface area contributed by atoms with E-state index in [1.165, 1.54) is 13.2 Å². The Morgan fingerprint density at radius 1 is 1.28 bits per heavy atom. The maximum atomic E-state index is 11.9. The van der Waals surface area contributed by atoms with Crippen molar-refractivity contribution in [1.29, 1.82) is 0 Å². The molecule has 0 fully saturated rings. The van der Waals surface area contributed by atoms with Crippen LogP contribution in [0.4, 0.5) is 0 Å². The Hall–Kier alpha value is -2.30. The van der Waals surface area contributed by atoms with Gasteiger partial charge in [0.1, 0.15) is 11.4 Å². The van der Waals surface area contributed by atoms with Gasteiger partial charge in [-0.25, -0.2) is 4.79 Å². The number of esters is 1. The molecule has 0 spiro atoms. The highest BCUT2D eigenvalue weighted by molar-refractivity contribution is 5.92. The van der Waals surface area contributed by atoms with Crippen LogP contribution >= 0.6 is 0 Å². The molecule has 0 aliphatic heterocycles. The quantitative estimate of drug-likeness (QED) is 0.819. The summed E-state index contributed by atoms with van der Waals surface area (Å²) in [5.74, 6) is 0.0800. The Kier molecular flexibility index (Phi) is 3.06. The normalized spacial score (nSPS) is 10.4. The summed E-state index contributed by atoms with van der Waals surface area (Å²) >= 11 is 0. The van der Waals surface area contributed by atoms with Gasteiger partial charge in [0, 0.05) is 17.0 Å². The van der Waals surface area contributed by atoms with E-state index >= 15 is 0 Å². The predicted octanol–water partition coefficient (Wildman–Crippen LogP) is 1.63. The zero-order valence-electron chi connectivity index (χ0n) is 10.4. The Bertz CT molecular complexity index is 672. The number of aromatic amines is 1. The van der Waals surface area contributed by atoms with Gasteiger partial charge in [-0.15, -0.1) is 0 Å². The van der Waals surface area contributed by atoms with E-state index in [1.807, 2.05) is 6.92 Å². The minimum Gasteiger partial charge on any atom is -0.496 e. The number of pyridine rings is 1. The first-order chi connectivity index (χ1) is 8.58. The fourth-order valence-corrected chi connectivity index (χ4v) is 1.88. The smallest absolute Gasteiger partial charge is 0.354 e. The first-order valence-electron chi connectivity index (χ1n) is 5.37. The predicted molar refractivity (Wildman–Crippen MR) is 67.2 cm³/mol. The Labute approximate surface area is 103 Å². The number of carbonyl (C=O) groups excluding carboxylic acids is 1. The molecule has 1 aromatic carbocycles. The maximum Gasteiger partial charge on any atom is 0.354 e.